The van der Waals surface area contributed by atoms with Crippen LogP contribution in [-0.4, -0.2) is 21.5 Å². The summed E-state index contributed by atoms with van der Waals surface area (Å²) in [5.74, 6) is -0.0187. The summed E-state index contributed by atoms with van der Waals surface area (Å²) >= 11 is 0. The number of Topliss-reactive ketones (excluding diaryl/α,β-unsaturated/α-hetero) is 2. The van der Waals surface area contributed by atoms with Gasteiger partial charge in [0.15, 0.2) is 11.6 Å². The first-order valence-corrected chi connectivity index (χ1v) is 6.77. The maximum Gasteiger partial charge on any atom is 0.179 e. The van der Waals surface area contributed by atoms with Crippen molar-refractivity contribution in [3.05, 3.63) is 46.0 Å². The summed E-state index contributed by atoms with van der Waals surface area (Å²) in [6.45, 7) is 7.63. The minimum atomic E-state index is -0.00937. The van der Waals surface area contributed by atoms with Gasteiger partial charge in [0.05, 0.1) is 11.4 Å². The van der Waals surface area contributed by atoms with E-state index >= 15 is 0 Å². The molecule has 106 valence electrons. The van der Waals surface area contributed by atoms with E-state index in [-0.39, 0.29) is 24.4 Å². The van der Waals surface area contributed by atoms with Crippen molar-refractivity contribution in [2.75, 3.05) is 0 Å². The Labute approximate surface area is 118 Å². The second-order valence-electron chi connectivity index (χ2n) is 5.37. The van der Waals surface area contributed by atoms with Gasteiger partial charge in [-0.1, -0.05) is 0 Å². The van der Waals surface area contributed by atoms with E-state index in [1.807, 2.05) is 39.8 Å². The monoisotopic (exact) mass is 272 g/mol. The third-order valence-electron chi connectivity index (χ3n) is 3.44. The van der Waals surface area contributed by atoms with Crippen LogP contribution in [0.4, 0.5) is 0 Å². The van der Waals surface area contributed by atoms with Gasteiger partial charge in [0.25, 0.3) is 0 Å². The fraction of sp³-hybridized carbons (Fsp3) is 0.375. The molecule has 0 spiro atoms. The van der Waals surface area contributed by atoms with Crippen LogP contribution in [0.1, 0.15) is 56.3 Å². The molecule has 0 radical (unpaired) electrons. The lowest BCUT2D eigenvalue weighted by molar-refractivity contribution is 0.0912. The second kappa shape index (κ2) is 5.49. The average molecular weight is 272 g/mol. The van der Waals surface area contributed by atoms with Gasteiger partial charge in [-0.3, -0.25) is 9.59 Å². The zero-order chi connectivity index (χ0) is 14.9. The predicted molar refractivity (Wildman–Crippen MR) is 78.4 cm³/mol. The summed E-state index contributed by atoms with van der Waals surface area (Å²) in [6, 6.07) is 3.88. The predicted octanol–water partition coefficient (Wildman–Crippen LogP) is 3.42. The molecule has 0 saturated carbocycles. The zero-order valence-electron chi connectivity index (χ0n) is 12.4. The molecule has 0 unspecified atom stereocenters. The highest BCUT2D eigenvalue weighted by atomic mass is 16.1. The second-order valence-corrected chi connectivity index (χ2v) is 5.37. The van der Waals surface area contributed by atoms with E-state index in [4.69, 9.17) is 0 Å². The maximum atomic E-state index is 12.1. The van der Waals surface area contributed by atoms with Gasteiger partial charge in [-0.25, -0.2) is 0 Å². The van der Waals surface area contributed by atoms with Crippen molar-refractivity contribution in [1.29, 1.82) is 0 Å². The molecule has 0 aliphatic heterocycles. The molecule has 0 saturated heterocycles. The van der Waals surface area contributed by atoms with Crippen molar-refractivity contribution in [3.63, 3.8) is 0 Å². The molecule has 20 heavy (non-hydrogen) atoms. The number of carbonyl (C=O) groups excluding carboxylic acids is 2. The first kappa shape index (κ1) is 14.3. The van der Waals surface area contributed by atoms with Crippen molar-refractivity contribution in [2.45, 2.75) is 40.5 Å². The number of hydrogen-bond acceptors (Lipinski definition) is 2. The van der Waals surface area contributed by atoms with Gasteiger partial charge in [-0.2, -0.15) is 0 Å². The fourth-order valence-electron chi connectivity index (χ4n) is 2.51. The SMILES string of the molecule is Cc1cc(C)c(C(=O)CCC(=O)c2[nH]c(C)cc2C)[nH]1. The highest BCUT2D eigenvalue weighted by Crippen LogP contribution is 2.15. The van der Waals surface area contributed by atoms with Crippen molar-refractivity contribution >= 4 is 11.6 Å². The molecule has 0 fully saturated rings. The molecule has 0 aromatic carbocycles. The molecule has 0 atom stereocenters. The minimum absolute atomic E-state index is 0.00937. The first-order chi connectivity index (χ1) is 9.38. The van der Waals surface area contributed by atoms with E-state index < -0.39 is 0 Å². The molecule has 2 rings (SSSR count). The van der Waals surface area contributed by atoms with E-state index in [1.165, 1.54) is 0 Å². The van der Waals surface area contributed by atoms with Gasteiger partial charge >= 0.3 is 0 Å². The van der Waals surface area contributed by atoms with Crippen LogP contribution in [0.3, 0.4) is 0 Å². The topological polar surface area (TPSA) is 65.7 Å². The highest BCUT2D eigenvalue weighted by molar-refractivity contribution is 6.01. The number of rotatable bonds is 5. The lowest BCUT2D eigenvalue weighted by Gasteiger charge is -2.01. The maximum absolute atomic E-state index is 12.1. The molecule has 2 aromatic heterocycles. The molecule has 4 nitrogen and oxygen atoms in total. The van der Waals surface area contributed by atoms with Crippen LogP contribution in [-0.2, 0) is 0 Å². The molecule has 0 aliphatic rings. The van der Waals surface area contributed by atoms with Crippen molar-refractivity contribution < 1.29 is 9.59 Å². The van der Waals surface area contributed by atoms with Gasteiger partial charge in [-0.15, -0.1) is 0 Å². The Morgan fingerprint density at radius 3 is 1.40 bits per heavy atom. The van der Waals surface area contributed by atoms with Crippen LogP contribution < -0.4 is 0 Å². The molecule has 2 N–H and O–H groups in total. The summed E-state index contributed by atoms with van der Waals surface area (Å²) in [5.41, 5.74) is 5.05. The Bertz CT molecular complexity index is 604. The Kier molecular flexibility index (Phi) is 3.93. The van der Waals surface area contributed by atoms with Gasteiger partial charge in [0.1, 0.15) is 0 Å². The van der Waals surface area contributed by atoms with Crippen LogP contribution in [0.2, 0.25) is 0 Å². The van der Waals surface area contributed by atoms with E-state index in [0.717, 1.165) is 22.5 Å². The van der Waals surface area contributed by atoms with E-state index in [1.54, 1.807) is 0 Å². The summed E-state index contributed by atoms with van der Waals surface area (Å²) < 4.78 is 0. The largest absolute Gasteiger partial charge is 0.356 e. The number of ketones is 2. The zero-order valence-corrected chi connectivity index (χ0v) is 12.4. The lowest BCUT2D eigenvalue weighted by atomic mass is 10.0. The number of hydrogen-bond donors (Lipinski definition) is 2. The summed E-state index contributed by atoms with van der Waals surface area (Å²) in [7, 11) is 0. The first-order valence-electron chi connectivity index (χ1n) is 6.77. The smallest absolute Gasteiger partial charge is 0.179 e. The Balaban J connectivity index is 2.02. The van der Waals surface area contributed by atoms with E-state index in [2.05, 4.69) is 9.97 Å². The van der Waals surface area contributed by atoms with E-state index in [9.17, 15) is 9.59 Å². The van der Waals surface area contributed by atoms with Gasteiger partial charge in [-0.05, 0) is 51.0 Å². The summed E-state index contributed by atoms with van der Waals surface area (Å²) in [5, 5.41) is 0. The van der Waals surface area contributed by atoms with Crippen LogP contribution in [0.25, 0.3) is 0 Å². The number of aromatic amines is 2. The molecule has 4 heteroatoms. The quantitative estimate of drug-likeness (QED) is 0.819. The third kappa shape index (κ3) is 2.90. The highest BCUT2D eigenvalue weighted by Gasteiger charge is 2.16. The third-order valence-corrected chi connectivity index (χ3v) is 3.44. The normalized spacial score (nSPS) is 10.8. The molecule has 0 aliphatic carbocycles. The standard InChI is InChI=1S/C16H20N2O2/c1-9-7-11(3)17-15(9)13(19)5-6-14(20)16-10(2)8-12(4)18-16/h7-8,17-18H,5-6H2,1-4H3. The molecule has 2 aromatic rings. The van der Waals surface area contributed by atoms with Gasteiger partial charge in [0.2, 0.25) is 0 Å². The van der Waals surface area contributed by atoms with Gasteiger partial charge < -0.3 is 9.97 Å². The van der Waals surface area contributed by atoms with Crippen LogP contribution in [0.5, 0.6) is 0 Å². The fourth-order valence-corrected chi connectivity index (χ4v) is 2.51. The number of aryl methyl sites for hydroxylation is 4. The molecular formula is C16H20N2O2. The van der Waals surface area contributed by atoms with Crippen molar-refractivity contribution in [3.8, 4) is 0 Å². The van der Waals surface area contributed by atoms with Crippen LogP contribution in [0.15, 0.2) is 12.1 Å². The van der Waals surface area contributed by atoms with Crippen LogP contribution in [0, 0.1) is 27.7 Å². The molecule has 2 heterocycles. The Morgan fingerprint density at radius 2 is 1.15 bits per heavy atom. The Morgan fingerprint density at radius 1 is 0.800 bits per heavy atom. The minimum Gasteiger partial charge on any atom is -0.356 e. The van der Waals surface area contributed by atoms with Gasteiger partial charge in [0, 0.05) is 24.2 Å². The average Bonchev–Trinajstić information content (AvgIpc) is 2.88. The number of nitrogens with one attached hydrogen (secondary N) is 2. The molecular weight excluding hydrogens is 252 g/mol. The summed E-state index contributed by atoms with van der Waals surface area (Å²) in [6.07, 6.45) is 0.467. The van der Waals surface area contributed by atoms with Crippen molar-refractivity contribution in [1.82, 2.24) is 9.97 Å². The van der Waals surface area contributed by atoms with E-state index in [0.29, 0.717) is 11.4 Å². The number of aromatic nitrogens is 2. The van der Waals surface area contributed by atoms with Crippen molar-refractivity contribution in [2.24, 2.45) is 0 Å². The molecule has 0 bridgehead atoms. The number of carbonyl (C=O) groups is 2. The lowest BCUT2D eigenvalue weighted by Crippen LogP contribution is -2.08. The Hall–Kier alpha value is -2.10. The summed E-state index contributed by atoms with van der Waals surface area (Å²) in [4.78, 5) is 30.3. The molecule has 0 amide bonds. The number of H-pyrrole nitrogens is 2. The van der Waals surface area contributed by atoms with Crippen LogP contribution >= 0.6 is 0 Å².